The highest BCUT2D eigenvalue weighted by atomic mass is 32.2. The number of benzene rings is 2. The summed E-state index contributed by atoms with van der Waals surface area (Å²) < 4.78 is 16.4. The maximum Gasteiger partial charge on any atom is 0.287 e. The quantitative estimate of drug-likeness (QED) is 0.225. The van der Waals surface area contributed by atoms with Crippen LogP contribution in [0.25, 0.3) is 6.08 Å². The lowest BCUT2D eigenvalue weighted by atomic mass is 10.2. The Morgan fingerprint density at radius 2 is 1.92 bits per heavy atom. The first-order valence-corrected chi connectivity index (χ1v) is 11.6. The lowest BCUT2D eigenvalue weighted by Crippen LogP contribution is -2.32. The van der Waals surface area contributed by atoms with Crippen LogP contribution in [0.15, 0.2) is 76.8 Å². The molecule has 3 aromatic rings. The second-order valence-electron chi connectivity index (χ2n) is 7.41. The number of hydrogen-bond acceptors (Lipinski definition) is 9. The number of amidine groups is 1. The first kappa shape index (κ1) is 24.9. The van der Waals surface area contributed by atoms with E-state index >= 15 is 0 Å². The minimum absolute atomic E-state index is 0.135. The summed E-state index contributed by atoms with van der Waals surface area (Å²) in [4.78, 5) is 34.1. The van der Waals surface area contributed by atoms with Crippen molar-refractivity contribution in [1.82, 2.24) is 9.88 Å². The normalized spacial score (nSPS) is 15.5. The fraction of sp³-hybridized carbons (Fsp3) is 0.160. The van der Waals surface area contributed by atoms with E-state index in [1.165, 1.54) is 31.0 Å². The van der Waals surface area contributed by atoms with Gasteiger partial charge in [-0.15, -0.1) is 0 Å². The standard InChI is InChI=1S/C25H22N4O6S/c1-33-13-12-28-24(30)22(36-25(28)27-18-6-4-3-5-7-18)15-17-8-10-20(21(14-17)34-2)35-23-11-9-19(16-26-23)29(31)32/h3-11,14-16H,12-13H2,1-2H3/b22-15-,27-25?. The molecular weight excluding hydrogens is 484 g/mol. The summed E-state index contributed by atoms with van der Waals surface area (Å²) in [6.45, 7) is 0.758. The van der Waals surface area contributed by atoms with Gasteiger partial charge in [-0.1, -0.05) is 24.3 Å². The molecule has 0 radical (unpaired) electrons. The Kier molecular flexibility index (Phi) is 7.93. The van der Waals surface area contributed by atoms with Gasteiger partial charge in [0.25, 0.3) is 11.6 Å². The van der Waals surface area contributed by atoms with Crippen molar-refractivity contribution in [2.45, 2.75) is 0 Å². The predicted octanol–water partition coefficient (Wildman–Crippen LogP) is 5.04. The van der Waals surface area contributed by atoms with E-state index in [4.69, 9.17) is 14.2 Å². The van der Waals surface area contributed by atoms with Crippen molar-refractivity contribution in [2.75, 3.05) is 27.4 Å². The number of para-hydroxylation sites is 1. The van der Waals surface area contributed by atoms with Crippen LogP contribution in [0.2, 0.25) is 0 Å². The fourth-order valence-corrected chi connectivity index (χ4v) is 4.27. The van der Waals surface area contributed by atoms with Crippen LogP contribution in [-0.4, -0.2) is 53.3 Å². The summed E-state index contributed by atoms with van der Waals surface area (Å²) in [6.07, 6.45) is 2.88. The van der Waals surface area contributed by atoms with Gasteiger partial charge in [-0.05, 0) is 47.7 Å². The van der Waals surface area contributed by atoms with Crippen molar-refractivity contribution < 1.29 is 23.9 Å². The van der Waals surface area contributed by atoms with Crippen molar-refractivity contribution in [2.24, 2.45) is 4.99 Å². The van der Waals surface area contributed by atoms with Crippen molar-refractivity contribution in [1.29, 1.82) is 0 Å². The number of hydrogen-bond donors (Lipinski definition) is 0. The molecule has 11 heteroatoms. The van der Waals surface area contributed by atoms with Crippen LogP contribution < -0.4 is 9.47 Å². The smallest absolute Gasteiger partial charge is 0.287 e. The Labute approximate surface area is 211 Å². The summed E-state index contributed by atoms with van der Waals surface area (Å²) in [6, 6.07) is 17.3. The van der Waals surface area contributed by atoms with Crippen molar-refractivity contribution in [3.63, 3.8) is 0 Å². The lowest BCUT2D eigenvalue weighted by molar-refractivity contribution is -0.385. The Hall–Kier alpha value is -4.22. The molecule has 0 N–H and O–H groups in total. The molecule has 1 amide bonds. The van der Waals surface area contributed by atoms with Crippen LogP contribution in [0.5, 0.6) is 17.4 Å². The van der Waals surface area contributed by atoms with Gasteiger partial charge in [0.2, 0.25) is 5.88 Å². The van der Waals surface area contributed by atoms with Crippen LogP contribution in [0.3, 0.4) is 0 Å². The number of aromatic nitrogens is 1. The molecule has 0 saturated carbocycles. The topological polar surface area (TPSA) is 116 Å². The molecule has 1 saturated heterocycles. The zero-order valence-electron chi connectivity index (χ0n) is 19.5. The van der Waals surface area contributed by atoms with Gasteiger partial charge in [0.15, 0.2) is 16.7 Å². The highest BCUT2D eigenvalue weighted by Gasteiger charge is 2.33. The Morgan fingerprint density at radius 3 is 2.58 bits per heavy atom. The number of thioether (sulfide) groups is 1. The molecule has 1 aliphatic rings. The van der Waals surface area contributed by atoms with E-state index in [1.54, 1.807) is 36.3 Å². The summed E-state index contributed by atoms with van der Waals surface area (Å²) >= 11 is 1.29. The van der Waals surface area contributed by atoms with E-state index in [0.717, 1.165) is 17.4 Å². The summed E-state index contributed by atoms with van der Waals surface area (Å²) in [5.41, 5.74) is 1.34. The predicted molar refractivity (Wildman–Crippen MR) is 137 cm³/mol. The van der Waals surface area contributed by atoms with E-state index in [0.29, 0.717) is 34.7 Å². The van der Waals surface area contributed by atoms with Gasteiger partial charge in [-0.3, -0.25) is 19.8 Å². The molecule has 2 heterocycles. The Morgan fingerprint density at radius 1 is 1.11 bits per heavy atom. The second kappa shape index (κ2) is 11.5. The minimum Gasteiger partial charge on any atom is -0.493 e. The van der Waals surface area contributed by atoms with Crippen LogP contribution in [0.1, 0.15) is 5.56 Å². The average molecular weight is 507 g/mol. The van der Waals surface area contributed by atoms with Gasteiger partial charge in [0.1, 0.15) is 6.20 Å². The first-order valence-electron chi connectivity index (χ1n) is 10.8. The number of carbonyl (C=O) groups excluding carboxylic acids is 1. The van der Waals surface area contributed by atoms with Gasteiger partial charge in [-0.2, -0.15) is 0 Å². The van der Waals surface area contributed by atoms with Crippen molar-refractivity contribution in [3.8, 4) is 17.4 Å². The molecule has 0 bridgehead atoms. The number of nitrogens with zero attached hydrogens (tertiary/aromatic N) is 4. The number of amides is 1. The minimum atomic E-state index is -0.533. The van der Waals surface area contributed by atoms with Gasteiger partial charge in [0.05, 0.1) is 35.8 Å². The summed E-state index contributed by atoms with van der Waals surface area (Å²) in [5, 5.41) is 11.4. The molecule has 1 fully saturated rings. The molecule has 1 aliphatic heterocycles. The highest BCUT2D eigenvalue weighted by Crippen LogP contribution is 2.36. The number of nitro groups is 1. The fourth-order valence-electron chi connectivity index (χ4n) is 3.25. The Bertz CT molecular complexity index is 1310. The Balaban J connectivity index is 1.58. The molecule has 10 nitrogen and oxygen atoms in total. The number of aliphatic imine (C=N–C) groups is 1. The molecule has 0 unspecified atom stereocenters. The zero-order valence-corrected chi connectivity index (χ0v) is 20.3. The third-order valence-electron chi connectivity index (χ3n) is 5.02. The number of methoxy groups -OCH3 is 2. The van der Waals surface area contributed by atoms with Crippen LogP contribution in [0.4, 0.5) is 11.4 Å². The first-order chi connectivity index (χ1) is 17.5. The average Bonchev–Trinajstić information content (AvgIpc) is 3.17. The van der Waals surface area contributed by atoms with Gasteiger partial charge >= 0.3 is 0 Å². The number of carbonyl (C=O) groups is 1. The van der Waals surface area contributed by atoms with Crippen LogP contribution in [-0.2, 0) is 9.53 Å². The molecule has 2 aromatic carbocycles. The van der Waals surface area contributed by atoms with Gasteiger partial charge in [-0.25, -0.2) is 9.98 Å². The number of pyridine rings is 1. The molecular formula is C25H22N4O6S. The molecule has 4 rings (SSSR count). The van der Waals surface area contributed by atoms with Gasteiger partial charge in [0, 0.05) is 19.2 Å². The third kappa shape index (κ3) is 5.88. The van der Waals surface area contributed by atoms with E-state index in [9.17, 15) is 14.9 Å². The monoisotopic (exact) mass is 506 g/mol. The van der Waals surface area contributed by atoms with Crippen LogP contribution in [0, 0.1) is 10.1 Å². The maximum absolute atomic E-state index is 13.1. The third-order valence-corrected chi connectivity index (χ3v) is 6.03. The second-order valence-corrected chi connectivity index (χ2v) is 8.42. The lowest BCUT2D eigenvalue weighted by Gasteiger charge is -2.14. The number of rotatable bonds is 9. The molecule has 36 heavy (non-hydrogen) atoms. The van der Waals surface area contributed by atoms with E-state index in [-0.39, 0.29) is 17.5 Å². The molecule has 184 valence electrons. The maximum atomic E-state index is 13.1. The van der Waals surface area contributed by atoms with Crippen LogP contribution >= 0.6 is 11.8 Å². The molecule has 1 aromatic heterocycles. The largest absolute Gasteiger partial charge is 0.493 e. The van der Waals surface area contributed by atoms with E-state index in [1.807, 2.05) is 30.3 Å². The SMILES string of the molecule is COCCN1C(=O)/C(=C/c2ccc(Oc3ccc([N+](=O)[O-])cn3)c(OC)c2)SC1=Nc1ccccc1. The van der Waals surface area contributed by atoms with Gasteiger partial charge < -0.3 is 14.2 Å². The highest BCUT2D eigenvalue weighted by molar-refractivity contribution is 8.18. The van der Waals surface area contributed by atoms with Crippen molar-refractivity contribution in [3.05, 3.63) is 87.4 Å². The summed E-state index contributed by atoms with van der Waals surface area (Å²) in [5.74, 6) is 0.803. The molecule has 0 spiro atoms. The molecule has 0 atom stereocenters. The zero-order chi connectivity index (χ0) is 25.5. The molecule has 0 aliphatic carbocycles. The number of ether oxygens (including phenoxy) is 3. The van der Waals surface area contributed by atoms with E-state index in [2.05, 4.69) is 9.98 Å². The van der Waals surface area contributed by atoms with E-state index < -0.39 is 4.92 Å². The van der Waals surface area contributed by atoms with Crippen molar-refractivity contribution >= 4 is 40.3 Å². The summed E-state index contributed by atoms with van der Waals surface area (Å²) in [7, 11) is 3.08.